The molecule has 23 heavy (non-hydrogen) atoms. The van der Waals surface area contributed by atoms with Crippen LogP contribution in [0.25, 0.3) is 11.0 Å². The van der Waals surface area contributed by atoms with E-state index >= 15 is 0 Å². The largest absolute Gasteiger partial charge is 0.331 e. The molecule has 3 aromatic rings. The number of hydrogen-bond acceptors (Lipinski definition) is 4. The molecule has 1 amide bonds. The first kappa shape index (κ1) is 13.9. The van der Waals surface area contributed by atoms with Crippen LogP contribution in [0.1, 0.15) is 40.5 Å². The second-order valence-corrected chi connectivity index (χ2v) is 5.87. The van der Waals surface area contributed by atoms with Gasteiger partial charge in [0.15, 0.2) is 5.65 Å². The molecule has 1 aliphatic heterocycles. The van der Waals surface area contributed by atoms with Gasteiger partial charge < -0.3 is 4.90 Å². The molecule has 1 fully saturated rings. The number of pyridine rings is 2. The van der Waals surface area contributed by atoms with Gasteiger partial charge in [-0.15, -0.1) is 0 Å². The van der Waals surface area contributed by atoms with Crippen LogP contribution >= 0.6 is 0 Å². The summed E-state index contributed by atoms with van der Waals surface area (Å²) >= 11 is 0. The molecule has 1 saturated heterocycles. The number of nitrogens with one attached hydrogen (secondary N) is 1. The molecule has 0 spiro atoms. The number of H-pyrrole nitrogens is 1. The zero-order chi connectivity index (χ0) is 15.8. The van der Waals surface area contributed by atoms with E-state index in [1.807, 2.05) is 36.2 Å². The zero-order valence-corrected chi connectivity index (χ0v) is 12.9. The average Bonchev–Trinajstić information content (AvgIpc) is 3.22. The number of hydrogen-bond donors (Lipinski definition) is 1. The van der Waals surface area contributed by atoms with Crippen molar-refractivity contribution in [3.63, 3.8) is 0 Å². The molecule has 0 aromatic carbocycles. The normalized spacial score (nSPS) is 17.8. The van der Waals surface area contributed by atoms with Crippen LogP contribution in [0.4, 0.5) is 0 Å². The Kier molecular flexibility index (Phi) is 3.29. The van der Waals surface area contributed by atoms with Gasteiger partial charge in [-0.25, -0.2) is 4.98 Å². The van der Waals surface area contributed by atoms with E-state index in [1.165, 1.54) is 0 Å². The van der Waals surface area contributed by atoms with E-state index in [1.54, 1.807) is 12.4 Å². The Balaban J connectivity index is 1.68. The predicted molar refractivity (Wildman–Crippen MR) is 85.9 cm³/mol. The van der Waals surface area contributed by atoms with Crippen molar-refractivity contribution in [1.29, 1.82) is 0 Å². The summed E-state index contributed by atoms with van der Waals surface area (Å²) in [5.41, 5.74) is 3.27. The minimum absolute atomic E-state index is 0.0198. The third-order valence-corrected chi connectivity index (χ3v) is 4.44. The van der Waals surface area contributed by atoms with E-state index in [0.717, 1.165) is 36.0 Å². The van der Waals surface area contributed by atoms with Gasteiger partial charge in [-0.1, -0.05) is 6.07 Å². The number of nitrogens with zero attached hydrogens (tertiary/aromatic N) is 4. The van der Waals surface area contributed by atoms with Gasteiger partial charge in [-0.05, 0) is 37.5 Å². The fraction of sp³-hybridized carbons (Fsp3) is 0.294. The molecule has 0 bridgehead atoms. The molecule has 116 valence electrons. The van der Waals surface area contributed by atoms with Crippen LogP contribution in [-0.2, 0) is 0 Å². The van der Waals surface area contributed by atoms with Crippen LogP contribution in [-0.4, -0.2) is 37.5 Å². The lowest BCUT2D eigenvalue weighted by molar-refractivity contribution is 0.0735. The SMILES string of the molecule is Cc1n[nH]c2ncc(C(=O)N3CCC[C@H]3c3cccnc3)cc12. The van der Waals surface area contributed by atoms with Crippen LogP contribution in [0.5, 0.6) is 0 Å². The summed E-state index contributed by atoms with van der Waals surface area (Å²) in [7, 11) is 0. The van der Waals surface area contributed by atoms with Gasteiger partial charge in [0.2, 0.25) is 0 Å². The Morgan fingerprint density at radius 1 is 1.39 bits per heavy atom. The van der Waals surface area contributed by atoms with Gasteiger partial charge in [0.25, 0.3) is 5.91 Å². The fourth-order valence-electron chi connectivity index (χ4n) is 3.24. The summed E-state index contributed by atoms with van der Waals surface area (Å²) in [5.74, 6) is 0.0198. The molecule has 6 heteroatoms. The minimum Gasteiger partial charge on any atom is -0.331 e. The number of aryl methyl sites for hydroxylation is 1. The summed E-state index contributed by atoms with van der Waals surface area (Å²) < 4.78 is 0. The molecule has 6 nitrogen and oxygen atoms in total. The van der Waals surface area contributed by atoms with Crippen LogP contribution < -0.4 is 0 Å². The van der Waals surface area contributed by atoms with Crippen molar-refractivity contribution in [2.24, 2.45) is 0 Å². The van der Waals surface area contributed by atoms with Gasteiger partial charge >= 0.3 is 0 Å². The lowest BCUT2D eigenvalue weighted by atomic mass is 10.1. The molecule has 1 N–H and O–H groups in total. The fourth-order valence-corrected chi connectivity index (χ4v) is 3.24. The molecular weight excluding hydrogens is 290 g/mol. The Morgan fingerprint density at radius 2 is 2.30 bits per heavy atom. The first-order valence-electron chi connectivity index (χ1n) is 7.75. The highest BCUT2D eigenvalue weighted by atomic mass is 16.2. The predicted octanol–water partition coefficient (Wildman–Crippen LogP) is 2.64. The van der Waals surface area contributed by atoms with E-state index in [9.17, 15) is 4.79 Å². The first-order valence-corrected chi connectivity index (χ1v) is 7.75. The lowest BCUT2D eigenvalue weighted by Crippen LogP contribution is -2.30. The second kappa shape index (κ2) is 5.46. The van der Waals surface area contributed by atoms with Crippen molar-refractivity contribution in [2.75, 3.05) is 6.54 Å². The van der Waals surface area contributed by atoms with Crippen molar-refractivity contribution >= 4 is 16.9 Å². The van der Waals surface area contributed by atoms with Crippen LogP contribution in [0.2, 0.25) is 0 Å². The molecule has 3 aromatic heterocycles. The molecular formula is C17H17N5O. The van der Waals surface area contributed by atoms with Crippen LogP contribution in [0, 0.1) is 6.92 Å². The number of rotatable bonds is 2. The maximum atomic E-state index is 12.9. The number of carbonyl (C=O) groups excluding carboxylic acids is 1. The van der Waals surface area contributed by atoms with Crippen LogP contribution in [0.15, 0.2) is 36.8 Å². The highest BCUT2D eigenvalue weighted by molar-refractivity contribution is 5.97. The Labute approximate surface area is 133 Å². The van der Waals surface area contributed by atoms with E-state index in [0.29, 0.717) is 11.2 Å². The summed E-state index contributed by atoms with van der Waals surface area (Å²) in [6.45, 7) is 2.67. The van der Waals surface area contributed by atoms with E-state index in [4.69, 9.17) is 0 Å². The van der Waals surface area contributed by atoms with Crippen LogP contribution in [0.3, 0.4) is 0 Å². The monoisotopic (exact) mass is 307 g/mol. The maximum Gasteiger partial charge on any atom is 0.255 e. The molecule has 1 atom stereocenters. The van der Waals surface area contributed by atoms with Gasteiger partial charge in [0.05, 0.1) is 17.3 Å². The zero-order valence-electron chi connectivity index (χ0n) is 12.9. The van der Waals surface area contributed by atoms with Gasteiger partial charge in [0.1, 0.15) is 0 Å². The van der Waals surface area contributed by atoms with Gasteiger partial charge in [-0.3, -0.25) is 14.9 Å². The van der Waals surface area contributed by atoms with E-state index in [-0.39, 0.29) is 11.9 Å². The van der Waals surface area contributed by atoms with Crippen molar-refractivity contribution in [3.05, 3.63) is 53.6 Å². The number of likely N-dealkylation sites (tertiary alicyclic amines) is 1. The molecule has 0 radical (unpaired) electrons. The third kappa shape index (κ3) is 2.36. The van der Waals surface area contributed by atoms with E-state index < -0.39 is 0 Å². The standard InChI is InChI=1S/C17H17N5O/c1-11-14-8-13(10-19-16(14)21-20-11)17(23)22-7-3-5-15(22)12-4-2-6-18-9-12/h2,4,6,8-10,15H,3,5,7H2,1H3,(H,19,20,21)/t15-/m0/s1. The highest BCUT2D eigenvalue weighted by Gasteiger charge is 2.31. The number of carbonyl (C=O) groups is 1. The minimum atomic E-state index is 0.0198. The Hall–Kier alpha value is -2.76. The molecule has 0 unspecified atom stereocenters. The number of aromatic amines is 1. The quantitative estimate of drug-likeness (QED) is 0.789. The van der Waals surface area contributed by atoms with Gasteiger partial charge in [-0.2, -0.15) is 5.10 Å². The molecule has 4 rings (SSSR count). The third-order valence-electron chi connectivity index (χ3n) is 4.44. The van der Waals surface area contributed by atoms with E-state index in [2.05, 4.69) is 20.2 Å². The lowest BCUT2D eigenvalue weighted by Gasteiger charge is -2.24. The van der Waals surface area contributed by atoms with Crippen molar-refractivity contribution in [1.82, 2.24) is 25.1 Å². The number of aromatic nitrogens is 4. The summed E-state index contributed by atoms with van der Waals surface area (Å²) in [6.07, 6.45) is 7.20. The van der Waals surface area contributed by atoms with Gasteiger partial charge in [0, 0.05) is 30.5 Å². The first-order chi connectivity index (χ1) is 11.2. The Bertz CT molecular complexity index is 858. The molecule has 0 aliphatic carbocycles. The second-order valence-electron chi connectivity index (χ2n) is 5.87. The van der Waals surface area contributed by atoms with Crippen molar-refractivity contribution < 1.29 is 4.79 Å². The molecule has 4 heterocycles. The average molecular weight is 307 g/mol. The topological polar surface area (TPSA) is 74.8 Å². The van der Waals surface area contributed by atoms with Crippen molar-refractivity contribution in [3.8, 4) is 0 Å². The summed E-state index contributed by atoms with van der Waals surface area (Å²) in [4.78, 5) is 23.4. The molecule has 0 saturated carbocycles. The summed E-state index contributed by atoms with van der Waals surface area (Å²) in [6, 6.07) is 5.92. The number of amides is 1. The highest BCUT2D eigenvalue weighted by Crippen LogP contribution is 2.32. The summed E-state index contributed by atoms with van der Waals surface area (Å²) in [5, 5.41) is 7.90. The maximum absolute atomic E-state index is 12.9. The number of fused-ring (bicyclic) bond motifs is 1. The Morgan fingerprint density at radius 3 is 3.13 bits per heavy atom. The van der Waals surface area contributed by atoms with Crippen molar-refractivity contribution in [2.45, 2.75) is 25.8 Å². The smallest absolute Gasteiger partial charge is 0.255 e. The molecule has 1 aliphatic rings.